The third-order valence-electron chi connectivity index (χ3n) is 3.84. The first-order chi connectivity index (χ1) is 10.7. The first-order valence-electron chi connectivity index (χ1n) is 7.15. The Morgan fingerprint density at radius 2 is 2.45 bits per heavy atom. The number of ether oxygens (including phenoxy) is 1. The van der Waals surface area contributed by atoms with E-state index in [1.165, 1.54) is 0 Å². The molecule has 0 amide bonds. The lowest BCUT2D eigenvalue weighted by atomic mass is 9.85. The molecule has 1 aromatic heterocycles. The molecule has 0 radical (unpaired) electrons. The van der Waals surface area contributed by atoms with Crippen LogP contribution >= 0.6 is 11.8 Å². The average molecular weight is 316 g/mol. The molecule has 0 bridgehead atoms. The van der Waals surface area contributed by atoms with Crippen LogP contribution in [0.3, 0.4) is 0 Å². The lowest BCUT2D eigenvalue weighted by Crippen LogP contribution is -2.30. The van der Waals surface area contributed by atoms with Gasteiger partial charge in [-0.05, 0) is 26.0 Å². The quantitative estimate of drug-likeness (QED) is 0.799. The average Bonchev–Trinajstić information content (AvgIpc) is 3.18. The second-order valence-electron chi connectivity index (χ2n) is 5.00. The van der Waals surface area contributed by atoms with Gasteiger partial charge in [-0.1, -0.05) is 0 Å². The van der Waals surface area contributed by atoms with Gasteiger partial charge in [-0.25, -0.2) is 4.79 Å². The van der Waals surface area contributed by atoms with E-state index in [2.05, 4.69) is 6.07 Å². The van der Waals surface area contributed by atoms with Crippen LogP contribution in [0.2, 0.25) is 0 Å². The monoisotopic (exact) mass is 316 g/mol. The van der Waals surface area contributed by atoms with Crippen molar-refractivity contribution in [3.63, 3.8) is 0 Å². The Hall–Kier alpha value is -2.13. The standard InChI is InChI=1S/C16H16N2O3S/c1-3-20-16(19)13-10(2)18-6-8-22-15(18)11(9-17)14(13)12-5-4-7-21-12/h4-5,7,14H,3,6,8H2,1-2H3. The normalized spacial score (nSPS) is 21.0. The minimum Gasteiger partial charge on any atom is -0.468 e. The summed E-state index contributed by atoms with van der Waals surface area (Å²) in [6, 6.07) is 5.84. The molecule has 22 heavy (non-hydrogen) atoms. The highest BCUT2D eigenvalue weighted by Gasteiger charge is 2.41. The number of hydrogen-bond acceptors (Lipinski definition) is 6. The summed E-state index contributed by atoms with van der Waals surface area (Å²) in [7, 11) is 0. The maximum absolute atomic E-state index is 12.5. The van der Waals surface area contributed by atoms with Crippen molar-refractivity contribution in [1.82, 2.24) is 4.90 Å². The molecule has 0 aromatic carbocycles. The summed E-state index contributed by atoms with van der Waals surface area (Å²) in [4.78, 5) is 14.5. The zero-order valence-corrected chi connectivity index (χ0v) is 13.3. The number of carbonyl (C=O) groups excluding carboxylic acids is 1. The molecule has 0 spiro atoms. The number of hydrogen-bond donors (Lipinski definition) is 0. The Kier molecular flexibility index (Phi) is 3.99. The topological polar surface area (TPSA) is 66.5 Å². The maximum Gasteiger partial charge on any atom is 0.336 e. The second-order valence-corrected chi connectivity index (χ2v) is 6.08. The predicted octanol–water partition coefficient (Wildman–Crippen LogP) is 3.00. The van der Waals surface area contributed by atoms with Gasteiger partial charge in [0.1, 0.15) is 5.76 Å². The fourth-order valence-electron chi connectivity index (χ4n) is 2.91. The van der Waals surface area contributed by atoms with E-state index in [4.69, 9.17) is 9.15 Å². The molecule has 3 rings (SSSR count). The van der Waals surface area contributed by atoms with Crippen LogP contribution in [0.25, 0.3) is 0 Å². The number of thioether (sulfide) groups is 1. The first-order valence-corrected chi connectivity index (χ1v) is 8.13. The Bertz CT molecular complexity index is 697. The van der Waals surface area contributed by atoms with Crippen molar-refractivity contribution < 1.29 is 13.9 Å². The molecule has 5 nitrogen and oxygen atoms in total. The SMILES string of the molecule is CCOC(=O)C1=C(C)N2CCSC2=C(C#N)C1c1ccco1. The van der Waals surface area contributed by atoms with Crippen molar-refractivity contribution in [2.45, 2.75) is 19.8 Å². The Balaban J connectivity index is 2.17. The predicted molar refractivity (Wildman–Crippen MR) is 82.6 cm³/mol. The first kappa shape index (κ1) is 14.8. The zero-order chi connectivity index (χ0) is 15.7. The number of furan rings is 1. The summed E-state index contributed by atoms with van der Waals surface area (Å²) in [6.07, 6.45) is 1.56. The van der Waals surface area contributed by atoms with Gasteiger partial charge in [0.05, 0.1) is 41.0 Å². The van der Waals surface area contributed by atoms with E-state index in [0.717, 1.165) is 23.0 Å². The molecule has 1 atom stereocenters. The highest BCUT2D eigenvalue weighted by Crippen LogP contribution is 2.47. The van der Waals surface area contributed by atoms with Gasteiger partial charge >= 0.3 is 5.97 Å². The third kappa shape index (κ3) is 2.22. The minimum absolute atomic E-state index is 0.299. The summed E-state index contributed by atoms with van der Waals surface area (Å²) in [5.74, 6) is 0.623. The molecule has 0 aliphatic carbocycles. The number of nitrogens with zero attached hydrogens (tertiary/aromatic N) is 2. The van der Waals surface area contributed by atoms with E-state index in [1.54, 1.807) is 37.1 Å². The largest absolute Gasteiger partial charge is 0.468 e. The molecule has 1 unspecified atom stereocenters. The fourth-order valence-corrected chi connectivity index (χ4v) is 4.08. The van der Waals surface area contributed by atoms with Crippen molar-refractivity contribution in [3.8, 4) is 6.07 Å². The van der Waals surface area contributed by atoms with Gasteiger partial charge < -0.3 is 14.1 Å². The van der Waals surface area contributed by atoms with Crippen LogP contribution in [0.15, 0.2) is 44.7 Å². The summed E-state index contributed by atoms with van der Waals surface area (Å²) < 4.78 is 10.7. The molecule has 1 aromatic rings. The van der Waals surface area contributed by atoms with Gasteiger partial charge in [-0.2, -0.15) is 5.26 Å². The van der Waals surface area contributed by atoms with Gasteiger partial charge in [0, 0.05) is 18.0 Å². The van der Waals surface area contributed by atoms with Crippen molar-refractivity contribution in [2.75, 3.05) is 18.9 Å². The summed E-state index contributed by atoms with van der Waals surface area (Å²) in [5, 5.41) is 10.6. The van der Waals surface area contributed by atoms with Crippen LogP contribution in [-0.4, -0.2) is 29.8 Å². The molecule has 1 saturated heterocycles. The molecular weight excluding hydrogens is 300 g/mol. The summed E-state index contributed by atoms with van der Waals surface area (Å²) >= 11 is 1.65. The number of rotatable bonds is 3. The number of fused-ring (bicyclic) bond motifs is 1. The molecule has 1 fully saturated rings. The Morgan fingerprint density at radius 3 is 3.09 bits per heavy atom. The van der Waals surface area contributed by atoms with Crippen molar-refractivity contribution >= 4 is 17.7 Å². The van der Waals surface area contributed by atoms with Gasteiger partial charge in [-0.15, -0.1) is 11.8 Å². The van der Waals surface area contributed by atoms with Crippen molar-refractivity contribution in [2.24, 2.45) is 0 Å². The molecule has 2 aliphatic heterocycles. The molecule has 114 valence electrons. The molecule has 6 heteroatoms. The Morgan fingerprint density at radius 1 is 1.64 bits per heavy atom. The molecule has 0 saturated carbocycles. The number of carbonyl (C=O) groups is 1. The van der Waals surface area contributed by atoms with Gasteiger partial charge in [0.2, 0.25) is 0 Å². The number of esters is 1. The molecular formula is C16H16N2O3S. The third-order valence-corrected chi connectivity index (χ3v) is 4.95. The molecule has 0 N–H and O–H groups in total. The van der Waals surface area contributed by atoms with Crippen molar-refractivity contribution in [1.29, 1.82) is 5.26 Å². The van der Waals surface area contributed by atoms with E-state index >= 15 is 0 Å². The smallest absolute Gasteiger partial charge is 0.336 e. The van der Waals surface area contributed by atoms with E-state index in [0.29, 0.717) is 23.5 Å². The van der Waals surface area contributed by atoms with Crippen LogP contribution < -0.4 is 0 Å². The van der Waals surface area contributed by atoms with Crippen LogP contribution in [0, 0.1) is 11.3 Å². The Labute approximate surface area is 133 Å². The van der Waals surface area contributed by atoms with Crippen LogP contribution in [0.5, 0.6) is 0 Å². The van der Waals surface area contributed by atoms with E-state index in [9.17, 15) is 10.1 Å². The highest BCUT2D eigenvalue weighted by atomic mass is 32.2. The second kappa shape index (κ2) is 5.93. The lowest BCUT2D eigenvalue weighted by Gasteiger charge is -2.32. The van der Waals surface area contributed by atoms with Gasteiger partial charge in [0.25, 0.3) is 0 Å². The maximum atomic E-state index is 12.5. The van der Waals surface area contributed by atoms with Crippen LogP contribution in [-0.2, 0) is 9.53 Å². The highest BCUT2D eigenvalue weighted by molar-refractivity contribution is 8.03. The van der Waals surface area contributed by atoms with Gasteiger partial charge in [0.15, 0.2) is 0 Å². The lowest BCUT2D eigenvalue weighted by molar-refractivity contribution is -0.139. The number of allylic oxidation sites excluding steroid dienone is 2. The fraction of sp³-hybridized carbons (Fsp3) is 0.375. The molecule has 2 aliphatic rings. The zero-order valence-electron chi connectivity index (χ0n) is 12.5. The van der Waals surface area contributed by atoms with E-state index in [1.807, 2.05) is 11.8 Å². The molecule has 3 heterocycles. The number of nitriles is 1. The van der Waals surface area contributed by atoms with Crippen LogP contribution in [0.4, 0.5) is 0 Å². The minimum atomic E-state index is -0.490. The summed E-state index contributed by atoms with van der Waals surface area (Å²) in [6.45, 7) is 4.78. The summed E-state index contributed by atoms with van der Waals surface area (Å²) in [5.41, 5.74) is 1.91. The van der Waals surface area contributed by atoms with Crippen LogP contribution in [0.1, 0.15) is 25.5 Å². The van der Waals surface area contributed by atoms with Crippen molar-refractivity contribution in [3.05, 3.63) is 46.0 Å². The van der Waals surface area contributed by atoms with E-state index in [-0.39, 0.29) is 5.97 Å². The van der Waals surface area contributed by atoms with E-state index < -0.39 is 5.92 Å². The van der Waals surface area contributed by atoms with Gasteiger partial charge in [-0.3, -0.25) is 0 Å².